The zero-order valence-corrected chi connectivity index (χ0v) is 5.63. The number of carboxylic acids is 2. The molecule has 0 aromatic carbocycles. The summed E-state index contributed by atoms with van der Waals surface area (Å²) in [5.41, 5.74) is 0. The first kappa shape index (κ1) is 8.97. The van der Waals surface area contributed by atoms with Gasteiger partial charge >= 0.3 is 11.9 Å². The van der Waals surface area contributed by atoms with Gasteiger partial charge in [0.05, 0.1) is 6.42 Å². The van der Waals surface area contributed by atoms with Crippen LogP contribution in [-0.4, -0.2) is 22.2 Å². The van der Waals surface area contributed by atoms with Crippen molar-refractivity contribution in [1.29, 1.82) is 0 Å². The van der Waals surface area contributed by atoms with Crippen molar-refractivity contribution < 1.29 is 19.8 Å². The van der Waals surface area contributed by atoms with Crippen molar-refractivity contribution in [3.63, 3.8) is 0 Å². The summed E-state index contributed by atoms with van der Waals surface area (Å²) in [5.74, 6) is -2.39. The number of rotatable bonds is 3. The third-order valence-corrected chi connectivity index (χ3v) is 0.843. The molecule has 56 valence electrons. The van der Waals surface area contributed by atoms with Crippen LogP contribution in [0, 0.1) is 0 Å². The molecular weight excluding hydrogens is 160 g/mol. The van der Waals surface area contributed by atoms with Gasteiger partial charge in [0, 0.05) is 11.1 Å². The molecule has 0 saturated carbocycles. The second-order valence-corrected chi connectivity index (χ2v) is 1.99. The van der Waals surface area contributed by atoms with Gasteiger partial charge in [-0.05, 0) is 0 Å². The average Bonchev–Trinajstić information content (AvgIpc) is 1.58. The van der Waals surface area contributed by atoms with E-state index < -0.39 is 18.4 Å². The minimum absolute atomic E-state index is 0.194. The predicted molar refractivity (Wildman–Crippen MR) is 33.8 cm³/mol. The quantitative estimate of drug-likeness (QED) is 0.602. The maximum atomic E-state index is 9.87. The van der Waals surface area contributed by atoms with Gasteiger partial charge in [0.15, 0.2) is 0 Å². The molecule has 0 unspecified atom stereocenters. The molecule has 2 N–H and O–H groups in total. The fourth-order valence-corrected chi connectivity index (χ4v) is 0.537. The smallest absolute Gasteiger partial charge is 0.329 e. The van der Waals surface area contributed by atoms with E-state index in [1.165, 1.54) is 0 Å². The first-order valence-electron chi connectivity index (χ1n) is 2.33. The molecule has 0 amide bonds. The lowest BCUT2D eigenvalue weighted by atomic mass is 10.4. The third-order valence-electron chi connectivity index (χ3n) is 0.600. The van der Waals surface area contributed by atoms with Crippen LogP contribution in [0.15, 0.2) is 11.1 Å². The Hall–Kier alpha value is -1.03. The van der Waals surface area contributed by atoms with Crippen molar-refractivity contribution in [3.05, 3.63) is 11.1 Å². The van der Waals surface area contributed by atoms with E-state index in [9.17, 15) is 9.59 Å². The highest BCUT2D eigenvalue weighted by molar-refractivity contribution is 6.31. The summed E-state index contributed by atoms with van der Waals surface area (Å²) >= 11 is 5.17. The number of aliphatic carboxylic acids is 2. The Kier molecular flexibility index (Phi) is 3.49. The summed E-state index contributed by atoms with van der Waals surface area (Å²) in [5, 5.41) is 15.9. The Bertz CT molecular complexity index is 184. The van der Waals surface area contributed by atoms with Crippen LogP contribution in [0.1, 0.15) is 6.42 Å². The molecule has 4 nitrogen and oxygen atoms in total. The Morgan fingerprint density at radius 2 is 1.90 bits per heavy atom. The van der Waals surface area contributed by atoms with Crippen LogP contribution in [0.2, 0.25) is 0 Å². The van der Waals surface area contributed by atoms with Gasteiger partial charge in [0.1, 0.15) is 0 Å². The topological polar surface area (TPSA) is 74.6 Å². The number of halogens is 1. The molecule has 0 aliphatic carbocycles. The van der Waals surface area contributed by atoms with Crippen molar-refractivity contribution >= 4 is 23.5 Å². The van der Waals surface area contributed by atoms with Crippen molar-refractivity contribution in [1.82, 2.24) is 0 Å². The first-order chi connectivity index (χ1) is 4.52. The summed E-state index contributed by atoms with van der Waals surface area (Å²) in [6, 6.07) is 0. The van der Waals surface area contributed by atoms with Gasteiger partial charge < -0.3 is 10.2 Å². The number of carbonyl (C=O) groups is 2. The zero-order chi connectivity index (χ0) is 8.15. The molecule has 0 heterocycles. The van der Waals surface area contributed by atoms with E-state index in [1.807, 2.05) is 0 Å². The standard InChI is InChI=1S/C5H5ClO4/c6-3(1-4(7)8)2-5(9)10/h1H,2H2,(H,7,8)(H,9,10)/b3-1+. The van der Waals surface area contributed by atoms with E-state index in [4.69, 9.17) is 21.8 Å². The molecule has 0 aromatic heterocycles. The molecule has 0 rings (SSSR count). The van der Waals surface area contributed by atoms with Crippen LogP contribution in [0.3, 0.4) is 0 Å². The largest absolute Gasteiger partial charge is 0.481 e. The number of hydrogen-bond donors (Lipinski definition) is 2. The molecule has 0 aromatic rings. The molecule has 0 spiro atoms. The molecule has 0 bridgehead atoms. The second-order valence-electron chi connectivity index (χ2n) is 1.50. The maximum absolute atomic E-state index is 9.87. The van der Waals surface area contributed by atoms with Crippen LogP contribution in [0.5, 0.6) is 0 Å². The fourth-order valence-electron chi connectivity index (χ4n) is 0.329. The summed E-state index contributed by atoms with van der Waals surface area (Å²) in [4.78, 5) is 19.7. The van der Waals surface area contributed by atoms with Crippen LogP contribution in [0.25, 0.3) is 0 Å². The fraction of sp³-hybridized carbons (Fsp3) is 0.200. The van der Waals surface area contributed by atoms with Crippen molar-refractivity contribution in [2.24, 2.45) is 0 Å². The van der Waals surface area contributed by atoms with Gasteiger partial charge in [-0.3, -0.25) is 4.79 Å². The summed E-state index contributed by atoms with van der Waals surface area (Å²) in [6.45, 7) is 0. The first-order valence-corrected chi connectivity index (χ1v) is 2.71. The highest BCUT2D eigenvalue weighted by Gasteiger charge is 2.01. The molecule has 0 saturated heterocycles. The molecule has 0 radical (unpaired) electrons. The molecule has 5 heteroatoms. The number of carboxylic acid groups (broad SMARTS) is 2. The number of hydrogen-bond acceptors (Lipinski definition) is 2. The Labute approximate surface area is 61.7 Å². The summed E-state index contributed by atoms with van der Waals surface area (Å²) in [6.07, 6.45) is 0.198. The van der Waals surface area contributed by atoms with E-state index in [0.29, 0.717) is 6.08 Å². The van der Waals surface area contributed by atoms with Crippen LogP contribution in [0.4, 0.5) is 0 Å². The van der Waals surface area contributed by atoms with E-state index in [0.717, 1.165) is 0 Å². The van der Waals surface area contributed by atoms with Crippen molar-refractivity contribution in [2.75, 3.05) is 0 Å². The molecular formula is C5H5ClO4. The molecule has 0 atom stereocenters. The second kappa shape index (κ2) is 3.90. The monoisotopic (exact) mass is 164 g/mol. The highest BCUT2D eigenvalue weighted by Crippen LogP contribution is 2.05. The molecule has 0 aliphatic heterocycles. The van der Waals surface area contributed by atoms with Crippen molar-refractivity contribution in [3.8, 4) is 0 Å². The van der Waals surface area contributed by atoms with Gasteiger partial charge in [-0.25, -0.2) is 4.79 Å². The lowest BCUT2D eigenvalue weighted by molar-refractivity contribution is -0.136. The molecule has 0 aliphatic rings. The van der Waals surface area contributed by atoms with Crippen LogP contribution < -0.4 is 0 Å². The Morgan fingerprint density at radius 3 is 2.20 bits per heavy atom. The van der Waals surface area contributed by atoms with Crippen molar-refractivity contribution in [2.45, 2.75) is 6.42 Å². The van der Waals surface area contributed by atoms with Crippen LogP contribution in [-0.2, 0) is 9.59 Å². The van der Waals surface area contributed by atoms with Gasteiger partial charge in [0.25, 0.3) is 0 Å². The Morgan fingerprint density at radius 1 is 1.40 bits per heavy atom. The lowest BCUT2D eigenvalue weighted by Crippen LogP contribution is -1.96. The average molecular weight is 165 g/mol. The predicted octanol–water partition coefficient (Wildman–Crippen LogP) is 0.668. The normalized spacial score (nSPS) is 11.1. The SMILES string of the molecule is O=C(O)/C=C(/Cl)CC(=O)O. The van der Waals surface area contributed by atoms with Gasteiger partial charge in [-0.1, -0.05) is 11.6 Å². The summed E-state index contributed by atoms with van der Waals surface area (Å²) < 4.78 is 0. The van der Waals surface area contributed by atoms with E-state index >= 15 is 0 Å². The van der Waals surface area contributed by atoms with E-state index in [-0.39, 0.29) is 5.03 Å². The van der Waals surface area contributed by atoms with Crippen LogP contribution >= 0.6 is 11.6 Å². The van der Waals surface area contributed by atoms with E-state index in [1.54, 1.807) is 0 Å². The lowest BCUT2D eigenvalue weighted by Gasteiger charge is -1.88. The maximum Gasteiger partial charge on any atom is 0.329 e. The van der Waals surface area contributed by atoms with Gasteiger partial charge in [-0.2, -0.15) is 0 Å². The highest BCUT2D eigenvalue weighted by atomic mass is 35.5. The Balaban J connectivity index is 3.95. The minimum Gasteiger partial charge on any atom is -0.481 e. The van der Waals surface area contributed by atoms with E-state index in [2.05, 4.69) is 0 Å². The summed E-state index contributed by atoms with van der Waals surface area (Å²) in [7, 11) is 0. The third kappa shape index (κ3) is 5.11. The molecule has 10 heavy (non-hydrogen) atoms. The molecule has 0 fully saturated rings. The minimum atomic E-state index is -1.24. The van der Waals surface area contributed by atoms with Gasteiger partial charge in [-0.15, -0.1) is 0 Å². The van der Waals surface area contributed by atoms with Gasteiger partial charge in [0.2, 0.25) is 0 Å². The zero-order valence-electron chi connectivity index (χ0n) is 4.87.